The fourth-order valence-corrected chi connectivity index (χ4v) is 5.20. The highest BCUT2D eigenvalue weighted by atomic mass is 16.3. The van der Waals surface area contributed by atoms with Crippen LogP contribution in [0.25, 0.3) is 0 Å². The lowest BCUT2D eigenvalue weighted by molar-refractivity contribution is 0.177. The molecule has 1 nitrogen and oxygen atoms in total. The van der Waals surface area contributed by atoms with Gasteiger partial charge >= 0.3 is 0 Å². The van der Waals surface area contributed by atoms with Gasteiger partial charge in [0.15, 0.2) is 0 Å². The van der Waals surface area contributed by atoms with E-state index in [1.807, 2.05) is 0 Å². The Morgan fingerprint density at radius 1 is 0.963 bits per heavy atom. The topological polar surface area (TPSA) is 20.2 Å². The van der Waals surface area contributed by atoms with Crippen LogP contribution in [0.2, 0.25) is 0 Å². The van der Waals surface area contributed by atoms with Crippen LogP contribution in [0.4, 0.5) is 0 Å². The van der Waals surface area contributed by atoms with Crippen molar-refractivity contribution in [3.05, 3.63) is 47.5 Å². The van der Waals surface area contributed by atoms with E-state index in [9.17, 15) is 5.11 Å². The Hall–Kier alpha value is -1.08. The van der Waals surface area contributed by atoms with Crippen molar-refractivity contribution in [3.63, 3.8) is 0 Å². The number of unbranched alkanes of at least 4 members (excludes halogenated alkanes) is 2. The fraction of sp³-hybridized carbons (Fsp3) is 0.692. The highest BCUT2D eigenvalue weighted by Gasteiger charge is 2.31. The summed E-state index contributed by atoms with van der Waals surface area (Å²) < 4.78 is 0. The zero-order chi connectivity index (χ0) is 19.0. The fourth-order valence-electron chi connectivity index (χ4n) is 5.20. The van der Waals surface area contributed by atoms with E-state index in [-0.39, 0.29) is 5.41 Å². The minimum absolute atomic E-state index is 0.272. The molecule has 0 bridgehead atoms. The highest BCUT2D eigenvalue weighted by Crippen LogP contribution is 2.42. The summed E-state index contributed by atoms with van der Waals surface area (Å²) in [5.74, 6) is 1.28. The number of aryl methyl sites for hydroxylation is 1. The summed E-state index contributed by atoms with van der Waals surface area (Å²) in [6.07, 6.45) is 22.0. The smallest absolute Gasteiger partial charge is 0.0459 e. The van der Waals surface area contributed by atoms with Gasteiger partial charge in [0.1, 0.15) is 0 Å². The quantitative estimate of drug-likeness (QED) is 0.388. The normalized spacial score (nSPS) is 25.7. The molecular weight excluding hydrogens is 328 g/mol. The van der Waals surface area contributed by atoms with Crippen molar-refractivity contribution in [1.82, 2.24) is 0 Å². The van der Waals surface area contributed by atoms with Crippen molar-refractivity contribution < 1.29 is 5.11 Å². The Balaban J connectivity index is 1.68. The average Bonchev–Trinajstić information content (AvgIpc) is 2.74. The van der Waals surface area contributed by atoms with E-state index in [0.717, 1.165) is 5.92 Å². The van der Waals surface area contributed by atoms with Gasteiger partial charge < -0.3 is 5.11 Å². The second kappa shape index (κ2) is 10.5. The maximum absolute atomic E-state index is 9.37. The molecule has 1 aromatic rings. The van der Waals surface area contributed by atoms with Crippen LogP contribution in [0.15, 0.2) is 36.4 Å². The molecule has 1 heteroatoms. The van der Waals surface area contributed by atoms with Gasteiger partial charge in [0.25, 0.3) is 0 Å². The van der Waals surface area contributed by atoms with E-state index in [0.29, 0.717) is 12.5 Å². The van der Waals surface area contributed by atoms with Crippen LogP contribution in [0.5, 0.6) is 0 Å². The molecule has 2 fully saturated rings. The molecule has 1 aromatic carbocycles. The van der Waals surface area contributed by atoms with Crippen LogP contribution in [-0.2, 0) is 11.8 Å². The zero-order valence-electron chi connectivity index (χ0n) is 17.5. The molecule has 0 radical (unpaired) electrons. The predicted molar refractivity (Wildman–Crippen MR) is 116 cm³/mol. The van der Waals surface area contributed by atoms with E-state index in [1.54, 1.807) is 5.56 Å². The van der Waals surface area contributed by atoms with E-state index >= 15 is 0 Å². The van der Waals surface area contributed by atoms with Crippen molar-refractivity contribution in [1.29, 1.82) is 0 Å². The van der Waals surface area contributed by atoms with Crippen molar-refractivity contribution in [2.45, 2.75) is 95.8 Å². The summed E-state index contributed by atoms with van der Waals surface area (Å²) >= 11 is 0. The molecule has 0 spiro atoms. The van der Waals surface area contributed by atoms with Gasteiger partial charge in [0.2, 0.25) is 0 Å². The van der Waals surface area contributed by atoms with Crippen molar-refractivity contribution >= 4 is 0 Å². The second-order valence-corrected chi connectivity index (χ2v) is 9.19. The number of hydrogen-bond donors (Lipinski definition) is 1. The molecule has 27 heavy (non-hydrogen) atoms. The van der Waals surface area contributed by atoms with Gasteiger partial charge in [-0.3, -0.25) is 0 Å². The highest BCUT2D eigenvalue weighted by molar-refractivity contribution is 5.34. The molecule has 1 N–H and O–H groups in total. The Bertz CT molecular complexity index is 556. The SMILES string of the molecule is CCCCCc1ccc(C2(C=CC3CCC(CO)CC3)CCCCC2)cc1. The monoisotopic (exact) mass is 368 g/mol. The molecule has 2 aliphatic carbocycles. The van der Waals surface area contributed by atoms with Gasteiger partial charge in [-0.1, -0.05) is 75.4 Å². The van der Waals surface area contributed by atoms with Gasteiger partial charge in [0.05, 0.1) is 0 Å². The van der Waals surface area contributed by atoms with Gasteiger partial charge in [-0.25, -0.2) is 0 Å². The first-order chi connectivity index (χ1) is 13.3. The van der Waals surface area contributed by atoms with E-state index < -0.39 is 0 Å². The molecular formula is C26H40O. The Labute approximate surface area is 167 Å². The third-order valence-electron chi connectivity index (χ3n) is 7.18. The zero-order valence-corrected chi connectivity index (χ0v) is 17.5. The van der Waals surface area contributed by atoms with Crippen LogP contribution in [-0.4, -0.2) is 11.7 Å². The lowest BCUT2D eigenvalue weighted by Crippen LogP contribution is -2.27. The van der Waals surface area contributed by atoms with Crippen molar-refractivity contribution in [3.8, 4) is 0 Å². The molecule has 150 valence electrons. The van der Waals surface area contributed by atoms with Crippen LogP contribution in [0.3, 0.4) is 0 Å². The first-order valence-electron chi connectivity index (χ1n) is 11.7. The first kappa shape index (κ1) is 20.6. The maximum atomic E-state index is 9.37. The van der Waals surface area contributed by atoms with E-state index in [1.165, 1.54) is 89.0 Å². The number of hydrogen-bond acceptors (Lipinski definition) is 1. The van der Waals surface area contributed by atoms with Crippen molar-refractivity contribution in [2.24, 2.45) is 11.8 Å². The molecule has 3 rings (SSSR count). The van der Waals surface area contributed by atoms with Gasteiger partial charge in [0, 0.05) is 12.0 Å². The molecule has 0 atom stereocenters. The summed E-state index contributed by atoms with van der Waals surface area (Å²) in [7, 11) is 0. The molecule has 2 saturated carbocycles. The third-order valence-corrected chi connectivity index (χ3v) is 7.18. The summed E-state index contributed by atoms with van der Waals surface area (Å²) in [6.45, 7) is 2.66. The standard InChI is InChI=1S/C26H40O/c1-2-3-5-8-22-13-15-25(16-14-22)26(18-6-4-7-19-26)20-17-23-9-11-24(21-27)12-10-23/h13-17,20,23-24,27H,2-12,18-19,21H2,1H3. The number of rotatable bonds is 8. The Morgan fingerprint density at radius 2 is 1.67 bits per heavy atom. The maximum Gasteiger partial charge on any atom is 0.0459 e. The molecule has 0 heterocycles. The first-order valence-corrected chi connectivity index (χ1v) is 11.7. The molecule has 0 aromatic heterocycles. The lowest BCUT2D eigenvalue weighted by atomic mass is 9.68. The molecule has 2 aliphatic rings. The van der Waals surface area contributed by atoms with Gasteiger partial charge in [-0.05, 0) is 74.3 Å². The largest absolute Gasteiger partial charge is 0.396 e. The van der Waals surface area contributed by atoms with Gasteiger partial charge in [-0.15, -0.1) is 0 Å². The molecule has 0 unspecified atom stereocenters. The van der Waals surface area contributed by atoms with Gasteiger partial charge in [-0.2, -0.15) is 0 Å². The van der Waals surface area contributed by atoms with Crippen LogP contribution >= 0.6 is 0 Å². The number of aliphatic hydroxyl groups is 1. The molecule has 0 amide bonds. The van der Waals surface area contributed by atoms with Crippen LogP contribution in [0, 0.1) is 11.8 Å². The molecule has 0 saturated heterocycles. The predicted octanol–water partition coefficient (Wildman–Crippen LogP) is 6.98. The number of benzene rings is 1. The van der Waals surface area contributed by atoms with Crippen molar-refractivity contribution in [2.75, 3.05) is 6.61 Å². The summed E-state index contributed by atoms with van der Waals surface area (Å²) in [5.41, 5.74) is 3.32. The summed E-state index contributed by atoms with van der Waals surface area (Å²) in [4.78, 5) is 0. The summed E-state index contributed by atoms with van der Waals surface area (Å²) in [5, 5.41) is 9.37. The Kier molecular flexibility index (Phi) is 8.00. The minimum atomic E-state index is 0.272. The van der Waals surface area contributed by atoms with E-state index in [2.05, 4.69) is 43.3 Å². The summed E-state index contributed by atoms with van der Waals surface area (Å²) in [6, 6.07) is 9.64. The number of allylic oxidation sites excluding steroid dienone is 2. The third kappa shape index (κ3) is 5.70. The number of aliphatic hydroxyl groups excluding tert-OH is 1. The average molecular weight is 369 g/mol. The lowest BCUT2D eigenvalue weighted by Gasteiger charge is -2.36. The van der Waals surface area contributed by atoms with Crippen LogP contribution < -0.4 is 0 Å². The molecule has 0 aliphatic heterocycles. The van der Waals surface area contributed by atoms with Crippen LogP contribution in [0.1, 0.15) is 95.1 Å². The minimum Gasteiger partial charge on any atom is -0.396 e. The van der Waals surface area contributed by atoms with E-state index in [4.69, 9.17) is 0 Å². The Morgan fingerprint density at radius 3 is 2.30 bits per heavy atom. The second-order valence-electron chi connectivity index (χ2n) is 9.19.